The molecule has 4 nitrogen and oxygen atoms in total. The first-order chi connectivity index (χ1) is 11.2. The van der Waals surface area contributed by atoms with Crippen molar-refractivity contribution in [1.82, 2.24) is 0 Å². The Morgan fingerprint density at radius 2 is 2.12 bits per heavy atom. The second-order valence-corrected chi connectivity index (χ2v) is 2.41. The number of alkyl halides is 3. The molecule has 1 aromatic carbocycles. The summed E-state index contributed by atoms with van der Waals surface area (Å²) in [4.78, 5) is 11.8. The van der Waals surface area contributed by atoms with Crippen LogP contribution in [0.5, 0.6) is 5.75 Å². The molecule has 1 rings (SSSR count). The van der Waals surface area contributed by atoms with Crippen molar-refractivity contribution in [2.45, 2.75) is 12.4 Å². The van der Waals surface area contributed by atoms with E-state index in [4.69, 9.17) is 12.5 Å². The largest absolute Gasteiger partial charge is 0.573 e. The Morgan fingerprint density at radius 3 is 2.56 bits per heavy atom. The zero-order valence-corrected chi connectivity index (χ0v) is 7.34. The molecule has 0 spiro atoms. The van der Waals surface area contributed by atoms with Crippen LogP contribution in [0.3, 0.4) is 0 Å². The van der Waals surface area contributed by atoms with Crippen LogP contribution in [-0.2, 0) is 4.79 Å². The average molecular weight is 243 g/mol. The first kappa shape index (κ1) is 4.62. The smallest absolute Gasteiger partial charge is 0.406 e. The predicted octanol–water partition coefficient (Wildman–Crippen LogP) is 1.07. The molecule has 1 amide bonds. The van der Waals surface area contributed by atoms with Crippen LogP contribution in [-0.4, -0.2) is 12.3 Å². The van der Waals surface area contributed by atoms with E-state index in [1.165, 1.54) is 0 Å². The molecule has 0 saturated heterocycles. The Balaban J connectivity index is 3.81. The lowest BCUT2D eigenvalue weighted by atomic mass is 10.1. The molecule has 0 aliphatic rings. The van der Waals surface area contributed by atoms with Gasteiger partial charge in [0.05, 0.1) is 6.85 Å². The number of amides is 1. The van der Waals surface area contributed by atoms with Crippen LogP contribution in [0.2, 0.25) is 5.65 Å². The number of ether oxygens (including phenoxy) is 1. The molecule has 0 aliphatic heterocycles. The van der Waals surface area contributed by atoms with Crippen molar-refractivity contribution in [1.29, 1.82) is 0 Å². The highest BCUT2D eigenvalue weighted by molar-refractivity contribution is 5.81. The summed E-state index contributed by atoms with van der Waals surface area (Å²) in [6, 6.07) is -8.98. The molecule has 0 bridgehead atoms. The Kier molecular flexibility index (Phi) is 1.27. The molecule has 1 atom stereocenters. The van der Waals surface area contributed by atoms with Crippen LogP contribution in [0.25, 0.3) is 0 Å². The number of benzene rings is 1. The van der Waals surface area contributed by atoms with Gasteiger partial charge in [-0.3, -0.25) is 4.79 Å². The third-order valence-corrected chi connectivity index (χ3v) is 1.26. The molecular weight excluding hydrogens is 225 g/mol. The van der Waals surface area contributed by atoms with Crippen molar-refractivity contribution in [2.24, 2.45) is 11.4 Å². The predicted molar refractivity (Wildman–Crippen MR) is 49.2 cm³/mol. The second kappa shape index (κ2) is 4.40. The van der Waals surface area contributed by atoms with Crippen molar-refractivity contribution in [3.05, 3.63) is 29.7 Å². The minimum absolute atomic E-state index is 0.694. The van der Waals surface area contributed by atoms with Crippen molar-refractivity contribution < 1.29 is 35.2 Å². The quantitative estimate of drug-likeness (QED) is 0.830. The van der Waals surface area contributed by atoms with Gasteiger partial charge in [-0.1, -0.05) is 12.1 Å². The SMILES string of the molecule is [2H]c1c([2H])c(C([2H])(C(=O)N([2H])[2H])N([2H])[2H])c([2H])c([2H])c1OC(F)(F)F. The standard InChI is InChI=1S/C9H9F3N2O2/c10-9(11,12)16-6-3-1-5(2-4-6)7(13)8(14)15/h1-4,7H,13H2,(H2,14,15)/i1D,2D,3D,4D,7D/hD4. The summed E-state index contributed by atoms with van der Waals surface area (Å²) in [5, 5.41) is 0. The van der Waals surface area contributed by atoms with E-state index in [0.717, 1.165) is 0 Å². The minimum Gasteiger partial charge on any atom is -0.406 e. The third kappa shape index (κ3) is 3.43. The van der Waals surface area contributed by atoms with E-state index in [-0.39, 0.29) is 0 Å². The number of rotatable bonds is 4. The van der Waals surface area contributed by atoms with Crippen LogP contribution in [0.1, 0.15) is 18.4 Å². The van der Waals surface area contributed by atoms with E-state index in [9.17, 15) is 18.0 Å². The molecule has 1 unspecified atom stereocenters. The van der Waals surface area contributed by atoms with Gasteiger partial charge in [0.15, 0.2) is 2.82 Å². The number of hydrogen-bond acceptors (Lipinski definition) is 3. The van der Waals surface area contributed by atoms with Crippen LogP contribution in [0.4, 0.5) is 13.2 Å². The Bertz CT molecular complexity index is 671. The average Bonchev–Trinajstić information content (AvgIpc) is 2.47. The summed E-state index contributed by atoms with van der Waals surface area (Å²) in [7, 11) is 0. The van der Waals surface area contributed by atoms with E-state index in [2.05, 4.69) is 4.74 Å². The van der Waals surface area contributed by atoms with Crippen molar-refractivity contribution in [3.8, 4) is 5.75 Å². The molecular formula is C9H9F3N2O2. The molecule has 0 saturated carbocycles. The first-order valence-electron chi connectivity index (χ1n) is 7.92. The van der Waals surface area contributed by atoms with Gasteiger partial charge in [-0.05, 0) is 17.6 Å². The van der Waals surface area contributed by atoms with Gasteiger partial charge >= 0.3 is 6.36 Å². The molecule has 0 aromatic heterocycles. The van der Waals surface area contributed by atoms with Crippen molar-refractivity contribution in [3.63, 3.8) is 0 Å². The maximum Gasteiger partial charge on any atom is 0.573 e. The number of primary amides is 1. The monoisotopic (exact) mass is 243 g/mol. The van der Waals surface area contributed by atoms with Gasteiger partial charge in [0.1, 0.15) is 14.6 Å². The van der Waals surface area contributed by atoms with Gasteiger partial charge < -0.3 is 16.2 Å². The fourth-order valence-electron chi connectivity index (χ4n) is 0.693. The molecule has 7 heteroatoms. The number of halogens is 3. The number of hydrogen-bond donors (Lipinski definition) is 2. The van der Waals surface area contributed by atoms with E-state index in [0.29, 0.717) is 0 Å². The molecule has 4 N–H and O–H groups in total. The van der Waals surface area contributed by atoms with Gasteiger partial charge in [0, 0.05) is 0 Å². The second-order valence-electron chi connectivity index (χ2n) is 2.41. The summed E-state index contributed by atoms with van der Waals surface area (Å²) in [5.41, 5.74) is -2.70. The Labute approximate surface area is 102 Å². The molecule has 16 heavy (non-hydrogen) atoms. The molecule has 0 aliphatic carbocycles. The molecule has 1 aromatic rings. The Hall–Kier alpha value is -1.76. The highest BCUT2D eigenvalue weighted by atomic mass is 19.4. The van der Waals surface area contributed by atoms with Gasteiger partial charge in [0.2, 0.25) is 5.91 Å². The summed E-state index contributed by atoms with van der Waals surface area (Å²) < 4.78 is 106. The zero-order valence-electron chi connectivity index (χ0n) is 16.3. The fourth-order valence-corrected chi connectivity index (χ4v) is 0.693. The third-order valence-electron chi connectivity index (χ3n) is 1.26. The topological polar surface area (TPSA) is 78.3 Å². The molecule has 0 fully saturated rings. The number of nitrogens with two attached hydrogens (primary N) is 2. The van der Waals surface area contributed by atoms with Gasteiger partial charge in [0.25, 0.3) is 0 Å². The fraction of sp³-hybridized carbons (Fsp3) is 0.222. The minimum atomic E-state index is -5.35. The van der Waals surface area contributed by atoms with E-state index in [1.807, 2.05) is 0 Å². The number of carbonyl (C=O) groups is 1. The van der Waals surface area contributed by atoms with Crippen LogP contribution in [0.15, 0.2) is 24.2 Å². The van der Waals surface area contributed by atoms with Gasteiger partial charge in [-0.2, -0.15) is 0 Å². The summed E-state index contributed by atoms with van der Waals surface area (Å²) in [6.07, 6.45) is -5.35. The summed E-state index contributed by atoms with van der Waals surface area (Å²) in [6.45, 7) is 0. The van der Waals surface area contributed by atoms with Crippen molar-refractivity contribution >= 4 is 5.91 Å². The van der Waals surface area contributed by atoms with Crippen molar-refractivity contribution in [2.75, 3.05) is 0 Å². The van der Waals surface area contributed by atoms with Gasteiger partial charge in [-0.15, -0.1) is 13.2 Å². The molecule has 88 valence electrons. The van der Waals surface area contributed by atoms with Gasteiger partial charge in [-0.25, -0.2) is 0 Å². The van der Waals surface area contributed by atoms with E-state index >= 15 is 0 Å². The lowest BCUT2D eigenvalue weighted by molar-refractivity contribution is -0.274. The zero-order chi connectivity index (χ0) is 19.9. The van der Waals surface area contributed by atoms with E-state index in [1.54, 1.807) is 0 Å². The first-order valence-corrected chi connectivity index (χ1v) is 3.63. The highest BCUT2D eigenvalue weighted by Crippen LogP contribution is 2.23. The van der Waals surface area contributed by atoms with Crippen LogP contribution >= 0.6 is 0 Å². The Morgan fingerprint density at radius 1 is 1.50 bits per heavy atom. The highest BCUT2D eigenvalue weighted by Gasteiger charge is 2.31. The molecule has 0 heterocycles. The van der Waals surface area contributed by atoms with Crippen LogP contribution in [0, 0.1) is 0 Å². The normalized spacial score (nSPS) is 23.1. The lowest BCUT2D eigenvalue weighted by Gasteiger charge is -2.11. The maximum absolute atomic E-state index is 12.3. The molecule has 0 radical (unpaired) electrons. The van der Waals surface area contributed by atoms with E-state index < -0.39 is 65.2 Å². The lowest BCUT2D eigenvalue weighted by Crippen LogP contribution is -2.28. The summed E-state index contributed by atoms with van der Waals surface area (Å²) in [5.74, 6) is -3.46. The number of carbonyl (C=O) groups excluding carboxylic acids is 1. The maximum atomic E-state index is 12.3. The van der Waals surface area contributed by atoms with Crippen LogP contribution < -0.4 is 16.2 Å². The summed E-state index contributed by atoms with van der Waals surface area (Å²) >= 11 is 0.